The lowest BCUT2D eigenvalue weighted by Gasteiger charge is -2.18. The number of rotatable bonds is 45. The number of carbonyl (C=O) groups excluding carboxylic acids is 3. The summed E-state index contributed by atoms with van der Waals surface area (Å²) in [6.45, 7) is 6.44. The van der Waals surface area contributed by atoms with Crippen molar-refractivity contribution in [3.8, 4) is 0 Å². The van der Waals surface area contributed by atoms with Gasteiger partial charge in [0.1, 0.15) is 13.2 Å². The standard InChI is InChI=1S/C54H94O6/c1-4-7-10-13-16-18-19-20-21-22-23-24-25-26-27-28-29-30-31-32-33-34-35-37-38-41-44-47-53(56)59-50-51(49-58-52(55)46-43-40-15-12-9-6-3)60-54(57)48-45-42-39-36-17-14-11-8-5-2/h7,10,16,18,20-21,23-24,26-27,51H,4-6,8-9,11-15,17,19,22,25,28-50H2,1-3H3/b10-7-,18-16-,21-20-,24-23-,27-26-. The molecule has 0 radical (unpaired) electrons. The molecule has 6 heteroatoms. The van der Waals surface area contributed by atoms with Crippen LogP contribution in [0.2, 0.25) is 0 Å². The monoisotopic (exact) mass is 839 g/mol. The van der Waals surface area contributed by atoms with E-state index < -0.39 is 6.10 Å². The van der Waals surface area contributed by atoms with Crippen LogP contribution in [0, 0.1) is 0 Å². The molecule has 0 saturated heterocycles. The van der Waals surface area contributed by atoms with Gasteiger partial charge in [0.25, 0.3) is 0 Å². The molecule has 60 heavy (non-hydrogen) atoms. The highest BCUT2D eigenvalue weighted by molar-refractivity contribution is 5.71. The van der Waals surface area contributed by atoms with Gasteiger partial charge < -0.3 is 14.2 Å². The molecule has 6 nitrogen and oxygen atoms in total. The first-order chi connectivity index (χ1) is 29.5. The summed E-state index contributed by atoms with van der Waals surface area (Å²) in [6, 6.07) is 0. The van der Waals surface area contributed by atoms with Gasteiger partial charge in [0.15, 0.2) is 6.10 Å². The third kappa shape index (κ3) is 46.2. The van der Waals surface area contributed by atoms with E-state index in [1.165, 1.54) is 116 Å². The first-order valence-corrected chi connectivity index (χ1v) is 25.3. The molecule has 0 aromatic heterocycles. The van der Waals surface area contributed by atoms with Gasteiger partial charge >= 0.3 is 17.9 Å². The van der Waals surface area contributed by atoms with E-state index in [-0.39, 0.29) is 31.1 Å². The Morgan fingerprint density at radius 1 is 0.350 bits per heavy atom. The number of hydrogen-bond donors (Lipinski definition) is 0. The number of esters is 3. The molecule has 0 spiro atoms. The van der Waals surface area contributed by atoms with Crippen LogP contribution in [0.5, 0.6) is 0 Å². The molecule has 0 N–H and O–H groups in total. The van der Waals surface area contributed by atoms with E-state index in [9.17, 15) is 14.4 Å². The SMILES string of the molecule is CC/C=C\C/C=C\C/C=C\C/C=C\C/C=C\CCCCCCCCCCCCCC(=O)OCC(COC(=O)CCCCCCCC)OC(=O)CCCCCCCCCCC. The normalized spacial score (nSPS) is 12.5. The summed E-state index contributed by atoms with van der Waals surface area (Å²) < 4.78 is 16.6. The van der Waals surface area contributed by atoms with Crippen molar-refractivity contribution in [1.29, 1.82) is 0 Å². The fourth-order valence-corrected chi connectivity index (χ4v) is 7.00. The van der Waals surface area contributed by atoms with E-state index in [1.54, 1.807) is 0 Å². The molecule has 0 aliphatic rings. The zero-order valence-electron chi connectivity index (χ0n) is 39.5. The summed E-state index contributed by atoms with van der Waals surface area (Å²) in [4.78, 5) is 37.6. The zero-order valence-corrected chi connectivity index (χ0v) is 39.5. The van der Waals surface area contributed by atoms with Crippen molar-refractivity contribution < 1.29 is 28.6 Å². The Morgan fingerprint density at radius 3 is 1.02 bits per heavy atom. The van der Waals surface area contributed by atoms with Crippen molar-refractivity contribution in [2.45, 2.75) is 252 Å². The maximum atomic E-state index is 12.6. The maximum absolute atomic E-state index is 12.6. The predicted molar refractivity (Wildman–Crippen MR) is 256 cm³/mol. The lowest BCUT2D eigenvalue weighted by Crippen LogP contribution is -2.30. The Morgan fingerprint density at radius 2 is 0.650 bits per heavy atom. The highest BCUT2D eigenvalue weighted by Gasteiger charge is 2.19. The average Bonchev–Trinajstić information content (AvgIpc) is 3.24. The van der Waals surface area contributed by atoms with Crippen molar-refractivity contribution in [3.05, 3.63) is 60.8 Å². The minimum absolute atomic E-state index is 0.0729. The molecule has 1 unspecified atom stereocenters. The second-order valence-electron chi connectivity index (χ2n) is 16.7. The van der Waals surface area contributed by atoms with Crippen molar-refractivity contribution >= 4 is 17.9 Å². The Labute approximate surface area is 370 Å². The predicted octanol–water partition coefficient (Wildman–Crippen LogP) is 16.5. The van der Waals surface area contributed by atoms with Gasteiger partial charge in [-0.1, -0.05) is 223 Å². The first-order valence-electron chi connectivity index (χ1n) is 25.3. The Kier molecular flexibility index (Phi) is 46.4. The van der Waals surface area contributed by atoms with E-state index in [0.717, 1.165) is 89.9 Å². The lowest BCUT2D eigenvalue weighted by atomic mass is 10.0. The van der Waals surface area contributed by atoms with Crippen LogP contribution >= 0.6 is 0 Å². The Balaban J connectivity index is 4.03. The molecule has 1 atom stereocenters. The van der Waals surface area contributed by atoms with E-state index in [4.69, 9.17) is 14.2 Å². The summed E-state index contributed by atoms with van der Waals surface area (Å²) in [5, 5.41) is 0. The van der Waals surface area contributed by atoms with Gasteiger partial charge in [-0.2, -0.15) is 0 Å². The van der Waals surface area contributed by atoms with Crippen LogP contribution in [0.3, 0.4) is 0 Å². The first kappa shape index (κ1) is 57.1. The van der Waals surface area contributed by atoms with Crippen LogP contribution < -0.4 is 0 Å². The zero-order chi connectivity index (χ0) is 43.7. The molecule has 0 amide bonds. The molecule has 0 saturated carbocycles. The summed E-state index contributed by atoms with van der Waals surface area (Å²) in [7, 11) is 0. The van der Waals surface area contributed by atoms with Crippen LogP contribution in [-0.2, 0) is 28.6 Å². The van der Waals surface area contributed by atoms with E-state index in [0.29, 0.717) is 19.3 Å². The van der Waals surface area contributed by atoms with Gasteiger partial charge in [0, 0.05) is 19.3 Å². The molecule has 0 aromatic rings. The summed E-state index contributed by atoms with van der Waals surface area (Å²) in [6.07, 6.45) is 59.6. The van der Waals surface area contributed by atoms with E-state index in [1.807, 2.05) is 0 Å². The average molecular weight is 839 g/mol. The molecule has 346 valence electrons. The van der Waals surface area contributed by atoms with Gasteiger partial charge in [-0.25, -0.2) is 0 Å². The van der Waals surface area contributed by atoms with Crippen molar-refractivity contribution in [3.63, 3.8) is 0 Å². The topological polar surface area (TPSA) is 78.9 Å². The third-order valence-electron chi connectivity index (χ3n) is 10.8. The van der Waals surface area contributed by atoms with Gasteiger partial charge in [-0.3, -0.25) is 14.4 Å². The van der Waals surface area contributed by atoms with Crippen LogP contribution in [0.1, 0.15) is 245 Å². The van der Waals surface area contributed by atoms with E-state index in [2.05, 4.69) is 81.5 Å². The van der Waals surface area contributed by atoms with Crippen molar-refractivity contribution in [2.75, 3.05) is 13.2 Å². The second kappa shape index (κ2) is 48.8. The molecule has 0 rings (SSSR count). The van der Waals surface area contributed by atoms with Gasteiger partial charge in [0.05, 0.1) is 0 Å². The second-order valence-corrected chi connectivity index (χ2v) is 16.7. The number of ether oxygens (including phenoxy) is 3. The van der Waals surface area contributed by atoms with Gasteiger partial charge in [-0.05, 0) is 64.2 Å². The quantitative estimate of drug-likeness (QED) is 0.0263. The summed E-state index contributed by atoms with van der Waals surface area (Å²) in [5.74, 6) is -0.886. The highest BCUT2D eigenvalue weighted by Crippen LogP contribution is 2.15. The fraction of sp³-hybridized carbons (Fsp3) is 0.759. The van der Waals surface area contributed by atoms with E-state index >= 15 is 0 Å². The maximum Gasteiger partial charge on any atom is 0.306 e. The molecular formula is C54H94O6. The molecule has 0 fully saturated rings. The van der Waals surface area contributed by atoms with Crippen molar-refractivity contribution in [1.82, 2.24) is 0 Å². The van der Waals surface area contributed by atoms with Crippen LogP contribution in [0.15, 0.2) is 60.8 Å². The number of unbranched alkanes of at least 4 members (excludes halogenated alkanes) is 24. The highest BCUT2D eigenvalue weighted by atomic mass is 16.6. The molecule has 0 heterocycles. The molecule has 0 bridgehead atoms. The number of hydrogen-bond acceptors (Lipinski definition) is 6. The fourth-order valence-electron chi connectivity index (χ4n) is 7.00. The largest absolute Gasteiger partial charge is 0.462 e. The molecule has 0 aliphatic carbocycles. The van der Waals surface area contributed by atoms with Gasteiger partial charge in [-0.15, -0.1) is 0 Å². The lowest BCUT2D eigenvalue weighted by molar-refractivity contribution is -0.167. The summed E-state index contributed by atoms with van der Waals surface area (Å²) in [5.41, 5.74) is 0. The van der Waals surface area contributed by atoms with Gasteiger partial charge in [0.2, 0.25) is 0 Å². The summed E-state index contributed by atoms with van der Waals surface area (Å²) >= 11 is 0. The molecule has 0 aliphatic heterocycles. The smallest absolute Gasteiger partial charge is 0.306 e. The molecular weight excluding hydrogens is 745 g/mol. The third-order valence-corrected chi connectivity index (χ3v) is 10.8. The van der Waals surface area contributed by atoms with Crippen LogP contribution in [0.4, 0.5) is 0 Å². The minimum Gasteiger partial charge on any atom is -0.462 e. The van der Waals surface area contributed by atoms with Crippen LogP contribution in [-0.4, -0.2) is 37.2 Å². The Hall–Kier alpha value is -2.89. The number of carbonyl (C=O) groups is 3. The van der Waals surface area contributed by atoms with Crippen molar-refractivity contribution in [2.24, 2.45) is 0 Å². The minimum atomic E-state index is -0.766. The molecule has 0 aromatic carbocycles. The van der Waals surface area contributed by atoms with Crippen LogP contribution in [0.25, 0.3) is 0 Å². The Bertz CT molecular complexity index is 1100. The number of allylic oxidation sites excluding steroid dienone is 10.